The molecule has 0 unspecified atom stereocenters. The molecule has 1 atom stereocenters. The summed E-state index contributed by atoms with van der Waals surface area (Å²) in [5.41, 5.74) is 0.521. The maximum absolute atomic E-state index is 12.6. The van der Waals surface area contributed by atoms with Gasteiger partial charge in [0.1, 0.15) is 6.26 Å². The van der Waals surface area contributed by atoms with E-state index in [0.717, 1.165) is 39.3 Å². The smallest absolute Gasteiger partial charge is 0.257 e. The van der Waals surface area contributed by atoms with Crippen LogP contribution < -0.4 is 5.32 Å². The fraction of sp³-hybridized carbons (Fsp3) is 0.667. The highest BCUT2D eigenvalue weighted by Crippen LogP contribution is 2.12. The van der Waals surface area contributed by atoms with Crippen LogP contribution in [0.2, 0.25) is 0 Å². The van der Waals surface area contributed by atoms with Crippen LogP contribution in [0.5, 0.6) is 0 Å². The molecule has 1 aliphatic rings. The normalized spacial score (nSPS) is 16.4. The molecule has 1 N–H and O–H groups in total. The molecule has 0 radical (unpaired) electrons. The number of carbonyl (C=O) groups excluding carboxylic acids is 2. The number of nitrogens with one attached hydrogen (secondary N) is 1. The third-order valence-electron chi connectivity index (χ3n) is 4.59. The molecule has 1 fully saturated rings. The van der Waals surface area contributed by atoms with Crippen molar-refractivity contribution < 1.29 is 18.7 Å². The Labute approximate surface area is 149 Å². The van der Waals surface area contributed by atoms with Crippen molar-refractivity contribution >= 4 is 11.8 Å². The van der Waals surface area contributed by atoms with Crippen LogP contribution in [0.1, 0.15) is 37.0 Å². The number of furan rings is 1. The molecule has 0 aromatic carbocycles. The molecule has 2 rings (SSSR count). The zero-order valence-corrected chi connectivity index (χ0v) is 15.2. The Bertz CT molecular complexity index is 526. The van der Waals surface area contributed by atoms with Gasteiger partial charge in [0.15, 0.2) is 0 Å². The fourth-order valence-electron chi connectivity index (χ4n) is 2.78. The van der Waals surface area contributed by atoms with Crippen LogP contribution in [0.3, 0.4) is 0 Å². The second kappa shape index (κ2) is 10.2. The number of nitrogens with zero attached hydrogens (tertiary/aromatic N) is 2. The van der Waals surface area contributed by atoms with E-state index in [0.29, 0.717) is 25.1 Å². The standard InChI is InChI=1S/C18H29N3O4/c1-3-15(2)21(18(23)16-5-11-25-14-16)7-4-17(22)19-6-8-20-9-12-24-13-10-20/h5,11,14-15H,3-4,6-10,12-13H2,1-2H3,(H,19,22)/t15-/m1/s1. The van der Waals surface area contributed by atoms with Gasteiger partial charge in [-0.05, 0) is 19.4 Å². The van der Waals surface area contributed by atoms with E-state index in [2.05, 4.69) is 10.2 Å². The van der Waals surface area contributed by atoms with E-state index in [1.807, 2.05) is 13.8 Å². The van der Waals surface area contributed by atoms with Crippen molar-refractivity contribution in [3.8, 4) is 0 Å². The third kappa shape index (κ3) is 6.17. The van der Waals surface area contributed by atoms with E-state index in [-0.39, 0.29) is 17.9 Å². The van der Waals surface area contributed by atoms with E-state index in [1.54, 1.807) is 11.0 Å². The lowest BCUT2D eigenvalue weighted by atomic mass is 10.1. The van der Waals surface area contributed by atoms with Crippen LogP contribution in [0.25, 0.3) is 0 Å². The van der Waals surface area contributed by atoms with Crippen molar-refractivity contribution in [2.45, 2.75) is 32.7 Å². The van der Waals surface area contributed by atoms with Crippen LogP contribution in [0, 0.1) is 0 Å². The Kier molecular flexibility index (Phi) is 7.94. The molecule has 1 aromatic heterocycles. The summed E-state index contributed by atoms with van der Waals surface area (Å²) < 4.78 is 10.3. The van der Waals surface area contributed by atoms with Crippen LogP contribution in [0.15, 0.2) is 23.0 Å². The topological polar surface area (TPSA) is 75.0 Å². The number of carbonyl (C=O) groups is 2. The molecule has 0 bridgehead atoms. The number of morpholine rings is 1. The molecule has 0 saturated carbocycles. The largest absolute Gasteiger partial charge is 0.472 e. The molecule has 1 aliphatic heterocycles. The molecule has 7 heteroatoms. The first-order chi connectivity index (χ1) is 12.1. The summed E-state index contributed by atoms with van der Waals surface area (Å²) in [6.45, 7) is 9.23. The molecular weight excluding hydrogens is 322 g/mol. The predicted octanol–water partition coefficient (Wildman–Crippen LogP) is 1.36. The number of rotatable bonds is 9. The Hall–Kier alpha value is -1.86. The van der Waals surface area contributed by atoms with E-state index >= 15 is 0 Å². The van der Waals surface area contributed by atoms with Crippen molar-refractivity contribution in [3.63, 3.8) is 0 Å². The highest BCUT2D eigenvalue weighted by atomic mass is 16.5. The summed E-state index contributed by atoms with van der Waals surface area (Å²) in [7, 11) is 0. The van der Waals surface area contributed by atoms with Crippen LogP contribution in [-0.4, -0.2) is 73.6 Å². The van der Waals surface area contributed by atoms with Gasteiger partial charge in [0.05, 0.1) is 25.0 Å². The molecule has 2 amide bonds. The fourth-order valence-corrected chi connectivity index (χ4v) is 2.78. The van der Waals surface area contributed by atoms with Crippen molar-refractivity contribution in [2.75, 3.05) is 45.9 Å². The summed E-state index contributed by atoms with van der Waals surface area (Å²) in [6, 6.07) is 1.73. The molecule has 140 valence electrons. The van der Waals surface area contributed by atoms with Gasteiger partial charge in [-0.2, -0.15) is 0 Å². The Balaban J connectivity index is 1.75. The van der Waals surface area contributed by atoms with Crippen molar-refractivity contribution in [1.82, 2.24) is 15.1 Å². The summed E-state index contributed by atoms with van der Waals surface area (Å²) in [4.78, 5) is 28.7. The minimum absolute atomic E-state index is 0.0263. The molecule has 2 heterocycles. The van der Waals surface area contributed by atoms with Gasteiger partial charge in [0, 0.05) is 45.2 Å². The van der Waals surface area contributed by atoms with Crippen LogP contribution in [-0.2, 0) is 9.53 Å². The maximum atomic E-state index is 12.6. The van der Waals surface area contributed by atoms with Crippen LogP contribution in [0.4, 0.5) is 0 Å². The highest BCUT2D eigenvalue weighted by molar-refractivity contribution is 5.94. The lowest BCUT2D eigenvalue weighted by molar-refractivity contribution is -0.121. The lowest BCUT2D eigenvalue weighted by Gasteiger charge is -2.28. The Morgan fingerprint density at radius 1 is 1.36 bits per heavy atom. The number of amides is 2. The molecule has 25 heavy (non-hydrogen) atoms. The quantitative estimate of drug-likeness (QED) is 0.727. The zero-order chi connectivity index (χ0) is 18.1. The van der Waals surface area contributed by atoms with Gasteiger partial charge in [-0.3, -0.25) is 14.5 Å². The van der Waals surface area contributed by atoms with Gasteiger partial charge in [0.25, 0.3) is 5.91 Å². The first-order valence-electron chi connectivity index (χ1n) is 9.01. The second-order valence-electron chi connectivity index (χ2n) is 6.32. The minimum Gasteiger partial charge on any atom is -0.472 e. The molecule has 1 saturated heterocycles. The van der Waals surface area contributed by atoms with E-state index in [4.69, 9.17) is 9.15 Å². The lowest BCUT2D eigenvalue weighted by Crippen LogP contribution is -2.43. The Morgan fingerprint density at radius 2 is 2.12 bits per heavy atom. The van der Waals surface area contributed by atoms with Crippen molar-refractivity contribution in [2.24, 2.45) is 0 Å². The van der Waals surface area contributed by atoms with Gasteiger partial charge in [-0.1, -0.05) is 6.92 Å². The molecule has 7 nitrogen and oxygen atoms in total. The van der Waals surface area contributed by atoms with Crippen LogP contribution >= 0.6 is 0 Å². The average Bonchev–Trinajstić information content (AvgIpc) is 3.17. The molecule has 0 aliphatic carbocycles. The number of hydrogen-bond donors (Lipinski definition) is 1. The first-order valence-corrected chi connectivity index (χ1v) is 9.01. The predicted molar refractivity (Wildman–Crippen MR) is 94.4 cm³/mol. The van der Waals surface area contributed by atoms with E-state index in [9.17, 15) is 9.59 Å². The highest BCUT2D eigenvalue weighted by Gasteiger charge is 2.22. The Morgan fingerprint density at radius 3 is 2.76 bits per heavy atom. The average molecular weight is 351 g/mol. The maximum Gasteiger partial charge on any atom is 0.257 e. The summed E-state index contributed by atoms with van der Waals surface area (Å²) >= 11 is 0. The van der Waals surface area contributed by atoms with E-state index < -0.39 is 0 Å². The summed E-state index contributed by atoms with van der Waals surface area (Å²) in [6.07, 6.45) is 4.07. The van der Waals surface area contributed by atoms with Gasteiger partial charge in [-0.25, -0.2) is 0 Å². The molecule has 1 aromatic rings. The van der Waals surface area contributed by atoms with Crippen molar-refractivity contribution in [3.05, 3.63) is 24.2 Å². The SMILES string of the molecule is CC[C@@H](C)N(CCC(=O)NCCN1CCOCC1)C(=O)c1ccoc1. The first kappa shape index (κ1) is 19.5. The van der Waals surface area contributed by atoms with Gasteiger partial charge in [0.2, 0.25) is 5.91 Å². The summed E-state index contributed by atoms with van der Waals surface area (Å²) in [5, 5.41) is 2.94. The van der Waals surface area contributed by atoms with Gasteiger partial charge >= 0.3 is 0 Å². The second-order valence-corrected chi connectivity index (χ2v) is 6.32. The third-order valence-corrected chi connectivity index (χ3v) is 4.59. The number of hydrogen-bond acceptors (Lipinski definition) is 5. The molecular formula is C18H29N3O4. The monoisotopic (exact) mass is 351 g/mol. The summed E-state index contributed by atoms with van der Waals surface area (Å²) in [5.74, 6) is -0.120. The zero-order valence-electron chi connectivity index (χ0n) is 15.2. The molecule has 0 spiro atoms. The minimum atomic E-state index is -0.0933. The van der Waals surface area contributed by atoms with Crippen molar-refractivity contribution in [1.29, 1.82) is 0 Å². The van der Waals surface area contributed by atoms with Gasteiger partial charge in [-0.15, -0.1) is 0 Å². The van der Waals surface area contributed by atoms with E-state index in [1.165, 1.54) is 12.5 Å². The van der Waals surface area contributed by atoms with Gasteiger partial charge < -0.3 is 19.4 Å². The number of ether oxygens (including phenoxy) is 1.